The van der Waals surface area contributed by atoms with E-state index in [0.29, 0.717) is 60.5 Å². The topological polar surface area (TPSA) is 138 Å². The highest BCUT2D eigenvalue weighted by Crippen LogP contribution is 2.46. The Labute approximate surface area is 341 Å². The van der Waals surface area contributed by atoms with Crippen molar-refractivity contribution >= 4 is 52.1 Å². The summed E-state index contributed by atoms with van der Waals surface area (Å²) in [6.45, 7) is 5.68. The Morgan fingerprint density at radius 2 is 0.712 bits per heavy atom. The van der Waals surface area contributed by atoms with E-state index >= 15 is 0 Å². The predicted molar refractivity (Wildman–Crippen MR) is 241 cm³/mol. The smallest absolute Gasteiger partial charge is 0.132 e. The third-order valence-corrected chi connectivity index (χ3v) is 11.0. The summed E-state index contributed by atoms with van der Waals surface area (Å²) in [6, 6.07) is 30.9. The monoisotopic (exact) mass is 778 g/mol. The number of hydrogen-bond donors (Lipinski definition) is 6. The average molecular weight is 779 g/mol. The van der Waals surface area contributed by atoms with Gasteiger partial charge in [-0.2, -0.15) is 0 Å². The molecule has 0 fully saturated rings. The summed E-state index contributed by atoms with van der Waals surface area (Å²) >= 11 is 0. The van der Waals surface area contributed by atoms with Gasteiger partial charge in [0.2, 0.25) is 0 Å². The molecule has 292 valence electrons. The molecule has 0 spiro atoms. The lowest BCUT2D eigenvalue weighted by Crippen LogP contribution is -2.34. The van der Waals surface area contributed by atoms with Gasteiger partial charge >= 0.3 is 0 Å². The van der Waals surface area contributed by atoms with Gasteiger partial charge in [-0.25, -0.2) is 9.97 Å². The van der Waals surface area contributed by atoms with Gasteiger partial charge in [-0.15, -0.1) is 0 Å². The number of fused-ring (bicyclic) bond motifs is 8. The minimum Gasteiger partial charge on any atom is -0.507 e. The van der Waals surface area contributed by atoms with Crippen LogP contribution in [0.4, 0.5) is 5.69 Å². The van der Waals surface area contributed by atoms with E-state index in [-0.39, 0.29) is 34.1 Å². The van der Waals surface area contributed by atoms with Crippen LogP contribution in [0.2, 0.25) is 0 Å². The van der Waals surface area contributed by atoms with E-state index in [1.54, 1.807) is 24.3 Å². The van der Waals surface area contributed by atoms with Gasteiger partial charge in [-0.3, -0.25) is 4.48 Å². The van der Waals surface area contributed by atoms with Crippen molar-refractivity contribution in [3.63, 3.8) is 0 Å². The normalized spacial score (nSPS) is 12.4. The molecule has 0 saturated heterocycles. The van der Waals surface area contributed by atoms with E-state index < -0.39 is 0 Å². The van der Waals surface area contributed by atoms with E-state index in [1.807, 2.05) is 69.3 Å². The zero-order valence-electron chi connectivity index (χ0n) is 33.7. The van der Waals surface area contributed by atoms with Gasteiger partial charge in [-0.05, 0) is 140 Å². The number of aromatic nitrogens is 4. The Bertz CT molecular complexity index is 2990. The van der Waals surface area contributed by atoms with Crippen molar-refractivity contribution in [2.24, 2.45) is 0 Å². The summed E-state index contributed by atoms with van der Waals surface area (Å²) < 4.78 is 0.639. The van der Waals surface area contributed by atoms with Gasteiger partial charge in [0.15, 0.2) is 0 Å². The summed E-state index contributed by atoms with van der Waals surface area (Å²) in [6.07, 6.45) is 7.69. The van der Waals surface area contributed by atoms with E-state index in [4.69, 9.17) is 9.97 Å². The predicted octanol–water partition coefficient (Wildman–Crippen LogP) is 11.3. The Kier molecular flexibility index (Phi) is 8.79. The average Bonchev–Trinajstić information content (AvgIpc) is 4.01. The van der Waals surface area contributed by atoms with Gasteiger partial charge in [0.05, 0.1) is 55.0 Å². The Morgan fingerprint density at radius 1 is 0.390 bits per heavy atom. The fraction of sp³-hybridized carbons (Fsp3) is 0.120. The molecule has 7 aromatic rings. The maximum absolute atomic E-state index is 11.5. The first kappa shape index (κ1) is 37.2. The second-order valence-electron chi connectivity index (χ2n) is 16.3. The highest BCUT2D eigenvalue weighted by molar-refractivity contribution is 6.02. The first-order valence-electron chi connectivity index (χ1n) is 19.4. The second kappa shape index (κ2) is 13.9. The van der Waals surface area contributed by atoms with E-state index in [2.05, 4.69) is 79.6 Å². The standard InChI is InChI=1S/C50H43N5O4/c1-27-7-9-30(10-8-27)45-33-15-19-37(51-33)47(49-41(56)23-28(2)24-42(49)57)39-21-17-35(53-39)46(31-11-13-32(14-12-31)55(4,5)6)36-18-22-40(54-36)48(38-20-16-34(45)52-38)50-43(58)25-29(3)26-44(50)59/h7-26H,1-6H3,(H5-,51,52,53,54,56,57,58,59)/p+1. The molecule has 4 aromatic carbocycles. The molecule has 0 unspecified atom stereocenters. The fourth-order valence-corrected chi connectivity index (χ4v) is 8.14. The zero-order valence-corrected chi connectivity index (χ0v) is 33.7. The molecule has 0 amide bonds. The lowest BCUT2D eigenvalue weighted by Gasteiger charge is -2.23. The molecule has 9 nitrogen and oxygen atoms in total. The molecule has 2 aliphatic rings. The van der Waals surface area contributed by atoms with Crippen molar-refractivity contribution in [1.82, 2.24) is 24.4 Å². The molecule has 8 bridgehead atoms. The minimum atomic E-state index is -0.0718. The largest absolute Gasteiger partial charge is 0.507 e. The molecular formula is C50H44N5O4+. The van der Waals surface area contributed by atoms with Crippen molar-refractivity contribution in [2.75, 3.05) is 21.1 Å². The second-order valence-corrected chi connectivity index (χ2v) is 16.3. The number of phenols is 4. The molecule has 0 atom stereocenters. The number of hydrogen-bond acceptors (Lipinski definition) is 6. The summed E-state index contributed by atoms with van der Waals surface area (Å²) in [7, 11) is 6.36. The van der Waals surface area contributed by atoms with Crippen molar-refractivity contribution in [2.45, 2.75) is 20.8 Å². The van der Waals surface area contributed by atoms with Crippen LogP contribution in [0.5, 0.6) is 23.0 Å². The number of quaternary nitrogens is 1. The van der Waals surface area contributed by atoms with Gasteiger partial charge in [0.25, 0.3) is 0 Å². The number of H-pyrrole nitrogens is 2. The van der Waals surface area contributed by atoms with E-state index in [9.17, 15) is 20.4 Å². The van der Waals surface area contributed by atoms with Crippen LogP contribution >= 0.6 is 0 Å². The number of nitrogens with zero attached hydrogens (tertiary/aromatic N) is 3. The van der Waals surface area contributed by atoms with Crippen LogP contribution in [0.1, 0.15) is 39.5 Å². The van der Waals surface area contributed by atoms with Crippen molar-refractivity contribution in [3.05, 3.63) is 137 Å². The van der Waals surface area contributed by atoms with Crippen LogP contribution in [0.25, 0.3) is 90.9 Å². The van der Waals surface area contributed by atoms with Gasteiger partial charge in [0.1, 0.15) is 28.7 Å². The molecular weight excluding hydrogens is 735 g/mol. The minimum absolute atomic E-state index is 0.0718. The number of phenolic OH excluding ortho intramolecular Hbond substituents is 4. The third-order valence-electron chi connectivity index (χ3n) is 11.0. The van der Waals surface area contributed by atoms with Crippen molar-refractivity contribution in [3.8, 4) is 67.5 Å². The lowest BCUT2D eigenvalue weighted by atomic mass is 10.00. The molecule has 3 aromatic heterocycles. The molecule has 9 rings (SSSR count). The Balaban J connectivity index is 1.49. The van der Waals surface area contributed by atoms with E-state index in [0.717, 1.165) is 44.5 Å². The highest BCUT2D eigenvalue weighted by atomic mass is 16.3. The molecule has 0 saturated carbocycles. The molecule has 6 N–H and O–H groups in total. The Morgan fingerprint density at radius 3 is 1.07 bits per heavy atom. The fourth-order valence-electron chi connectivity index (χ4n) is 8.14. The third kappa shape index (κ3) is 6.61. The lowest BCUT2D eigenvalue weighted by molar-refractivity contribution is 0.452. The van der Waals surface area contributed by atoms with Gasteiger partial charge < -0.3 is 30.4 Å². The summed E-state index contributed by atoms with van der Waals surface area (Å²) in [5.74, 6) is -0.287. The van der Waals surface area contributed by atoms with Gasteiger partial charge in [0, 0.05) is 44.3 Å². The van der Waals surface area contributed by atoms with E-state index in [1.165, 1.54) is 0 Å². The molecule has 2 aliphatic heterocycles. The maximum Gasteiger partial charge on any atom is 0.132 e. The first-order valence-corrected chi connectivity index (χ1v) is 19.4. The van der Waals surface area contributed by atoms with Crippen LogP contribution in [0.3, 0.4) is 0 Å². The molecule has 0 aliphatic carbocycles. The number of aromatic hydroxyl groups is 4. The SMILES string of the molecule is Cc1ccc(-c2c3nc(c(-c4c(O)cc(C)cc4O)c4ccc([nH]4)c(-c4ccc([N+](C)(C)C)cc4)c4nc(c(-c5c(O)cc(C)cc5O)c5ccc2[nH]5)C=C4)C=C3)cc1. The molecule has 59 heavy (non-hydrogen) atoms. The summed E-state index contributed by atoms with van der Waals surface area (Å²) in [5, 5.41) is 46.0. The summed E-state index contributed by atoms with van der Waals surface area (Å²) in [4.78, 5) is 17.8. The Hall–Kier alpha value is -7.36. The molecule has 5 heterocycles. The first-order chi connectivity index (χ1) is 28.2. The van der Waals surface area contributed by atoms with Crippen molar-refractivity contribution in [1.29, 1.82) is 0 Å². The van der Waals surface area contributed by atoms with Gasteiger partial charge in [-0.1, -0.05) is 29.8 Å². The summed E-state index contributed by atoms with van der Waals surface area (Å²) in [5.41, 5.74) is 13.7. The highest BCUT2D eigenvalue weighted by Gasteiger charge is 2.24. The van der Waals surface area contributed by atoms with Crippen molar-refractivity contribution < 1.29 is 20.4 Å². The van der Waals surface area contributed by atoms with Crippen LogP contribution in [-0.4, -0.2) is 61.5 Å². The molecule has 0 radical (unpaired) electrons. The number of aromatic amines is 2. The van der Waals surface area contributed by atoms with Crippen LogP contribution < -0.4 is 4.48 Å². The molecule has 9 heteroatoms. The maximum atomic E-state index is 11.5. The number of nitrogens with one attached hydrogen (secondary N) is 2. The number of rotatable bonds is 5. The van der Waals surface area contributed by atoms with Crippen LogP contribution in [0.15, 0.2) is 97.1 Å². The quantitative estimate of drug-likeness (QED) is 0.0962. The van der Waals surface area contributed by atoms with Crippen LogP contribution in [-0.2, 0) is 0 Å². The number of benzene rings is 4. The van der Waals surface area contributed by atoms with Crippen LogP contribution in [0, 0.1) is 20.8 Å². The number of aryl methyl sites for hydroxylation is 3. The zero-order chi connectivity index (χ0) is 41.3.